The van der Waals surface area contributed by atoms with Gasteiger partial charge in [-0.25, -0.2) is 0 Å². The van der Waals surface area contributed by atoms with Crippen LogP contribution in [0.2, 0.25) is 0 Å². The molecule has 1 aromatic carbocycles. The highest BCUT2D eigenvalue weighted by Crippen LogP contribution is 2.46. The summed E-state index contributed by atoms with van der Waals surface area (Å²) in [6.07, 6.45) is 2.82. The highest BCUT2D eigenvalue weighted by atomic mass is 16.5. The number of rotatable bonds is 7. The number of carboxylic acid groups (broad SMARTS) is 1. The first-order valence-electron chi connectivity index (χ1n) is 7.90. The molecule has 1 fully saturated rings. The Balaban J connectivity index is 2.07. The SMILES string of the molecule is CCCOc1cc(C)c(C(C)CC2CC2C(=O)O)c(C)c1. The lowest BCUT2D eigenvalue weighted by atomic mass is 9.88. The molecule has 1 aliphatic carbocycles. The lowest BCUT2D eigenvalue weighted by molar-refractivity contribution is -0.138. The van der Waals surface area contributed by atoms with Crippen molar-refractivity contribution in [1.82, 2.24) is 0 Å². The molecule has 0 spiro atoms. The summed E-state index contributed by atoms with van der Waals surface area (Å²) in [5.74, 6) is 0.953. The van der Waals surface area contributed by atoms with E-state index in [1.54, 1.807) is 0 Å². The first-order valence-corrected chi connectivity index (χ1v) is 7.90. The van der Waals surface area contributed by atoms with E-state index in [4.69, 9.17) is 9.84 Å². The third kappa shape index (κ3) is 3.78. The second-order valence-corrected chi connectivity index (χ2v) is 6.40. The zero-order valence-corrected chi connectivity index (χ0v) is 13.5. The Morgan fingerprint density at radius 3 is 2.48 bits per heavy atom. The lowest BCUT2D eigenvalue weighted by Gasteiger charge is -2.19. The minimum Gasteiger partial charge on any atom is -0.494 e. The van der Waals surface area contributed by atoms with Crippen LogP contribution < -0.4 is 4.74 Å². The number of benzene rings is 1. The molecule has 1 saturated carbocycles. The molecule has 0 radical (unpaired) electrons. The molecule has 3 heteroatoms. The predicted octanol–water partition coefficient (Wildman–Crippen LogP) is 4.31. The van der Waals surface area contributed by atoms with Gasteiger partial charge in [-0.3, -0.25) is 4.79 Å². The first kappa shape index (κ1) is 15.9. The topological polar surface area (TPSA) is 46.5 Å². The number of hydrogen-bond donors (Lipinski definition) is 1. The van der Waals surface area contributed by atoms with Gasteiger partial charge in [-0.05, 0) is 73.8 Å². The minimum atomic E-state index is -0.635. The van der Waals surface area contributed by atoms with E-state index in [1.165, 1.54) is 16.7 Å². The van der Waals surface area contributed by atoms with Gasteiger partial charge >= 0.3 is 5.97 Å². The van der Waals surface area contributed by atoms with Crippen LogP contribution >= 0.6 is 0 Å². The molecule has 116 valence electrons. The highest BCUT2D eigenvalue weighted by Gasteiger charge is 2.43. The van der Waals surface area contributed by atoms with E-state index >= 15 is 0 Å². The molecule has 1 aliphatic rings. The molecule has 0 aliphatic heterocycles. The molecule has 3 unspecified atom stereocenters. The molecule has 0 aromatic heterocycles. The van der Waals surface area contributed by atoms with Crippen molar-refractivity contribution in [1.29, 1.82) is 0 Å². The van der Waals surface area contributed by atoms with Crippen LogP contribution in [0.25, 0.3) is 0 Å². The largest absolute Gasteiger partial charge is 0.494 e. The van der Waals surface area contributed by atoms with E-state index in [9.17, 15) is 4.79 Å². The van der Waals surface area contributed by atoms with E-state index in [0.29, 0.717) is 11.8 Å². The van der Waals surface area contributed by atoms with Crippen molar-refractivity contribution in [3.8, 4) is 5.75 Å². The molecule has 21 heavy (non-hydrogen) atoms. The standard InChI is InChI=1S/C18H26O3/c1-5-6-21-15-8-12(3)17(13(4)9-15)11(2)7-14-10-16(14)18(19)20/h8-9,11,14,16H,5-7,10H2,1-4H3,(H,19,20). The fourth-order valence-corrected chi connectivity index (χ4v) is 3.40. The Kier molecular flexibility index (Phi) is 4.92. The molecule has 0 saturated heterocycles. The number of hydrogen-bond acceptors (Lipinski definition) is 2. The molecule has 1 aromatic rings. The van der Waals surface area contributed by atoms with E-state index in [0.717, 1.165) is 31.6 Å². The Morgan fingerprint density at radius 1 is 1.38 bits per heavy atom. The van der Waals surface area contributed by atoms with E-state index in [-0.39, 0.29) is 5.92 Å². The van der Waals surface area contributed by atoms with Crippen LogP contribution in [-0.4, -0.2) is 17.7 Å². The minimum absolute atomic E-state index is 0.111. The quantitative estimate of drug-likeness (QED) is 0.814. The van der Waals surface area contributed by atoms with Crippen molar-refractivity contribution < 1.29 is 14.6 Å². The number of carbonyl (C=O) groups is 1. The van der Waals surface area contributed by atoms with Crippen molar-refractivity contribution in [2.75, 3.05) is 6.61 Å². The Hall–Kier alpha value is -1.51. The molecule has 1 N–H and O–H groups in total. The number of carboxylic acids is 1. The molecule has 2 rings (SSSR count). The lowest BCUT2D eigenvalue weighted by Crippen LogP contribution is -2.05. The van der Waals surface area contributed by atoms with Gasteiger partial charge < -0.3 is 9.84 Å². The van der Waals surface area contributed by atoms with Crippen LogP contribution in [0.15, 0.2) is 12.1 Å². The third-order valence-corrected chi connectivity index (χ3v) is 4.43. The summed E-state index contributed by atoms with van der Waals surface area (Å²) >= 11 is 0. The monoisotopic (exact) mass is 290 g/mol. The smallest absolute Gasteiger partial charge is 0.306 e. The van der Waals surface area contributed by atoms with Gasteiger partial charge in [0.25, 0.3) is 0 Å². The molecule has 0 heterocycles. The zero-order valence-electron chi connectivity index (χ0n) is 13.5. The highest BCUT2D eigenvalue weighted by molar-refractivity contribution is 5.73. The van der Waals surface area contributed by atoms with Crippen LogP contribution in [0.4, 0.5) is 0 Å². The van der Waals surface area contributed by atoms with Crippen LogP contribution in [0.3, 0.4) is 0 Å². The van der Waals surface area contributed by atoms with Crippen LogP contribution in [0.5, 0.6) is 5.75 Å². The fourth-order valence-electron chi connectivity index (χ4n) is 3.40. The van der Waals surface area contributed by atoms with E-state index in [2.05, 4.69) is 39.8 Å². The van der Waals surface area contributed by atoms with Gasteiger partial charge in [0.15, 0.2) is 0 Å². The molecular weight excluding hydrogens is 264 g/mol. The maximum Gasteiger partial charge on any atom is 0.306 e. The van der Waals surface area contributed by atoms with Crippen LogP contribution in [-0.2, 0) is 4.79 Å². The Morgan fingerprint density at radius 2 is 2.00 bits per heavy atom. The zero-order chi connectivity index (χ0) is 15.6. The van der Waals surface area contributed by atoms with Gasteiger partial charge in [-0.1, -0.05) is 13.8 Å². The number of ether oxygens (including phenoxy) is 1. The van der Waals surface area contributed by atoms with Gasteiger partial charge in [0, 0.05) is 0 Å². The van der Waals surface area contributed by atoms with Gasteiger partial charge in [0.1, 0.15) is 5.75 Å². The summed E-state index contributed by atoms with van der Waals surface area (Å²) in [6, 6.07) is 4.21. The summed E-state index contributed by atoms with van der Waals surface area (Å²) in [5, 5.41) is 9.02. The third-order valence-electron chi connectivity index (χ3n) is 4.43. The summed E-state index contributed by atoms with van der Waals surface area (Å²) in [6.45, 7) is 9.30. The van der Waals surface area contributed by atoms with Gasteiger partial charge in [0.05, 0.1) is 12.5 Å². The Labute approximate surface area is 127 Å². The summed E-state index contributed by atoms with van der Waals surface area (Å²) in [5.41, 5.74) is 3.86. The molecule has 0 amide bonds. The molecule has 3 nitrogen and oxygen atoms in total. The van der Waals surface area contributed by atoms with Crippen LogP contribution in [0.1, 0.15) is 55.7 Å². The maximum atomic E-state index is 11.0. The predicted molar refractivity (Wildman–Crippen MR) is 84.0 cm³/mol. The van der Waals surface area contributed by atoms with Crippen molar-refractivity contribution in [2.45, 2.75) is 52.9 Å². The molecule has 0 bridgehead atoms. The van der Waals surface area contributed by atoms with Crippen molar-refractivity contribution in [3.05, 3.63) is 28.8 Å². The van der Waals surface area contributed by atoms with Gasteiger partial charge in [0.2, 0.25) is 0 Å². The van der Waals surface area contributed by atoms with E-state index in [1.807, 2.05) is 0 Å². The molecule has 3 atom stereocenters. The van der Waals surface area contributed by atoms with Crippen LogP contribution in [0, 0.1) is 25.7 Å². The Bertz CT molecular complexity index is 498. The fraction of sp³-hybridized carbons (Fsp3) is 0.611. The average Bonchev–Trinajstić information content (AvgIpc) is 3.14. The summed E-state index contributed by atoms with van der Waals surface area (Å²) in [4.78, 5) is 11.0. The van der Waals surface area contributed by atoms with Gasteiger partial charge in [-0.15, -0.1) is 0 Å². The summed E-state index contributed by atoms with van der Waals surface area (Å²) in [7, 11) is 0. The number of aryl methyl sites for hydroxylation is 2. The second-order valence-electron chi connectivity index (χ2n) is 6.40. The van der Waals surface area contributed by atoms with Crippen molar-refractivity contribution in [3.63, 3.8) is 0 Å². The van der Waals surface area contributed by atoms with Gasteiger partial charge in [-0.2, -0.15) is 0 Å². The van der Waals surface area contributed by atoms with Crippen molar-refractivity contribution >= 4 is 5.97 Å². The number of aliphatic carboxylic acids is 1. The van der Waals surface area contributed by atoms with Crippen molar-refractivity contribution in [2.24, 2.45) is 11.8 Å². The average molecular weight is 290 g/mol. The second kappa shape index (κ2) is 6.50. The summed E-state index contributed by atoms with van der Waals surface area (Å²) < 4.78 is 5.72. The molecular formula is C18H26O3. The maximum absolute atomic E-state index is 11.0. The van der Waals surface area contributed by atoms with E-state index < -0.39 is 5.97 Å². The first-order chi connectivity index (χ1) is 9.93. The normalized spacial score (nSPS) is 21.9.